The number of nitrogens with zero attached hydrogens (tertiary/aromatic N) is 1. The molecule has 1 unspecified atom stereocenters. The molecule has 0 radical (unpaired) electrons. The number of anilines is 1. The lowest BCUT2D eigenvalue weighted by Gasteiger charge is -2.28. The van der Waals surface area contributed by atoms with Gasteiger partial charge < -0.3 is 15.0 Å². The van der Waals surface area contributed by atoms with Gasteiger partial charge >= 0.3 is 0 Å². The van der Waals surface area contributed by atoms with Crippen LogP contribution in [0.2, 0.25) is 0 Å². The molecule has 2 amide bonds. The molecule has 176 valence electrons. The summed E-state index contributed by atoms with van der Waals surface area (Å²) in [6.07, 6.45) is 3.33. The molecule has 0 spiro atoms. The summed E-state index contributed by atoms with van der Waals surface area (Å²) in [5, 5.41) is 5.15. The first kappa shape index (κ1) is 23.1. The number of nitrogens with one attached hydrogen (secondary N) is 1. The van der Waals surface area contributed by atoms with E-state index in [1.807, 2.05) is 54.3 Å². The SMILES string of the molecule is Cc1c(NC(=O)c2ccccc2SCC2CCCO2)cccc1C(=O)N1CCc2sccc2C1. The van der Waals surface area contributed by atoms with Crippen LogP contribution in [0.3, 0.4) is 0 Å². The molecule has 7 heteroatoms. The molecule has 1 fully saturated rings. The fourth-order valence-corrected chi connectivity index (χ4v) is 6.53. The number of hydrogen-bond donors (Lipinski definition) is 1. The molecule has 0 bridgehead atoms. The molecule has 2 aromatic carbocycles. The van der Waals surface area contributed by atoms with E-state index in [0.29, 0.717) is 23.4 Å². The predicted molar refractivity (Wildman–Crippen MR) is 138 cm³/mol. The Labute approximate surface area is 208 Å². The van der Waals surface area contributed by atoms with E-state index in [0.717, 1.165) is 48.6 Å². The van der Waals surface area contributed by atoms with E-state index in [4.69, 9.17) is 4.74 Å². The highest BCUT2D eigenvalue weighted by Gasteiger charge is 2.25. The molecular formula is C27H28N2O3S2. The number of ether oxygens (including phenoxy) is 1. The van der Waals surface area contributed by atoms with Gasteiger partial charge in [-0.3, -0.25) is 9.59 Å². The van der Waals surface area contributed by atoms with Crippen molar-refractivity contribution in [3.05, 3.63) is 81.0 Å². The Bertz CT molecular complexity index is 1200. The van der Waals surface area contributed by atoms with Crippen LogP contribution in [0.5, 0.6) is 0 Å². The van der Waals surface area contributed by atoms with Crippen LogP contribution in [0.15, 0.2) is 58.8 Å². The highest BCUT2D eigenvalue weighted by atomic mass is 32.2. The maximum atomic E-state index is 13.3. The Kier molecular flexibility index (Phi) is 7.04. The van der Waals surface area contributed by atoms with Crippen LogP contribution in [-0.2, 0) is 17.7 Å². The normalized spacial score (nSPS) is 17.4. The lowest BCUT2D eigenvalue weighted by molar-refractivity contribution is 0.0735. The van der Waals surface area contributed by atoms with Crippen molar-refractivity contribution in [2.24, 2.45) is 0 Å². The molecule has 34 heavy (non-hydrogen) atoms. The maximum Gasteiger partial charge on any atom is 0.256 e. The second-order valence-corrected chi connectivity index (χ2v) is 10.8. The van der Waals surface area contributed by atoms with Crippen molar-refractivity contribution in [2.45, 2.75) is 43.7 Å². The van der Waals surface area contributed by atoms with Gasteiger partial charge in [0.2, 0.25) is 0 Å². The predicted octanol–water partition coefficient (Wildman–Crippen LogP) is 5.78. The molecule has 2 aliphatic heterocycles. The number of thiophene rings is 1. The first-order valence-electron chi connectivity index (χ1n) is 11.7. The van der Waals surface area contributed by atoms with Crippen molar-refractivity contribution in [3.8, 4) is 0 Å². The topological polar surface area (TPSA) is 58.6 Å². The summed E-state index contributed by atoms with van der Waals surface area (Å²) in [4.78, 5) is 30.8. The van der Waals surface area contributed by atoms with Gasteiger partial charge in [0.15, 0.2) is 0 Å². The van der Waals surface area contributed by atoms with Crippen molar-refractivity contribution >= 4 is 40.6 Å². The van der Waals surface area contributed by atoms with Gasteiger partial charge in [0.25, 0.3) is 11.8 Å². The van der Waals surface area contributed by atoms with Crippen molar-refractivity contribution in [1.29, 1.82) is 0 Å². The fraction of sp³-hybridized carbons (Fsp3) is 0.333. The third-order valence-corrected chi connectivity index (χ3v) is 8.72. The lowest BCUT2D eigenvalue weighted by Crippen LogP contribution is -2.35. The molecule has 5 nitrogen and oxygen atoms in total. The average Bonchev–Trinajstić information content (AvgIpc) is 3.55. The number of rotatable bonds is 6. The van der Waals surface area contributed by atoms with Gasteiger partial charge in [-0.2, -0.15) is 0 Å². The summed E-state index contributed by atoms with van der Waals surface area (Å²) in [5.41, 5.74) is 3.98. The second-order valence-electron chi connectivity index (χ2n) is 8.72. The van der Waals surface area contributed by atoms with Crippen molar-refractivity contribution in [1.82, 2.24) is 4.90 Å². The number of amides is 2. The molecule has 3 aromatic rings. The summed E-state index contributed by atoms with van der Waals surface area (Å²) in [7, 11) is 0. The second kappa shape index (κ2) is 10.3. The Morgan fingerprint density at radius 3 is 2.85 bits per heavy atom. The lowest BCUT2D eigenvalue weighted by atomic mass is 10.0. The third kappa shape index (κ3) is 4.92. The van der Waals surface area contributed by atoms with Crippen LogP contribution in [0, 0.1) is 6.92 Å². The first-order chi connectivity index (χ1) is 16.6. The van der Waals surface area contributed by atoms with E-state index in [9.17, 15) is 9.59 Å². The zero-order valence-electron chi connectivity index (χ0n) is 19.2. The van der Waals surface area contributed by atoms with Gasteiger partial charge in [-0.1, -0.05) is 18.2 Å². The minimum absolute atomic E-state index is 0.0120. The van der Waals surface area contributed by atoms with Crippen molar-refractivity contribution in [2.75, 3.05) is 24.2 Å². The smallest absolute Gasteiger partial charge is 0.256 e. The van der Waals surface area contributed by atoms with Gasteiger partial charge in [-0.05, 0) is 73.0 Å². The van der Waals surface area contributed by atoms with E-state index in [-0.39, 0.29) is 17.9 Å². The van der Waals surface area contributed by atoms with Gasteiger partial charge in [0.05, 0.1) is 11.7 Å². The number of hydrogen-bond acceptors (Lipinski definition) is 5. The van der Waals surface area contributed by atoms with Crippen LogP contribution in [0.1, 0.15) is 49.6 Å². The van der Waals surface area contributed by atoms with Gasteiger partial charge in [0, 0.05) is 46.5 Å². The molecule has 1 saturated heterocycles. The van der Waals surface area contributed by atoms with Crippen LogP contribution in [0.4, 0.5) is 5.69 Å². The molecule has 0 aliphatic carbocycles. The summed E-state index contributed by atoms with van der Waals surface area (Å²) in [5.74, 6) is 0.691. The van der Waals surface area contributed by atoms with Gasteiger partial charge in [0.1, 0.15) is 0 Å². The first-order valence-corrected chi connectivity index (χ1v) is 13.6. The van der Waals surface area contributed by atoms with E-state index < -0.39 is 0 Å². The minimum Gasteiger partial charge on any atom is -0.377 e. The molecule has 2 aliphatic rings. The quantitative estimate of drug-likeness (QED) is 0.443. The molecule has 0 saturated carbocycles. The molecule has 5 rings (SSSR count). The molecule has 1 atom stereocenters. The average molecular weight is 493 g/mol. The van der Waals surface area contributed by atoms with Crippen LogP contribution in [0.25, 0.3) is 0 Å². The van der Waals surface area contributed by atoms with Gasteiger partial charge in [-0.25, -0.2) is 0 Å². The Hall–Kier alpha value is -2.61. The Morgan fingerprint density at radius 2 is 2.00 bits per heavy atom. The highest BCUT2D eigenvalue weighted by Crippen LogP contribution is 2.29. The minimum atomic E-state index is -0.163. The zero-order valence-corrected chi connectivity index (χ0v) is 20.8. The number of carbonyl (C=O) groups excluding carboxylic acids is 2. The molecule has 3 heterocycles. The van der Waals surface area contributed by atoms with E-state index in [2.05, 4.69) is 16.8 Å². The van der Waals surface area contributed by atoms with Crippen molar-refractivity contribution < 1.29 is 14.3 Å². The highest BCUT2D eigenvalue weighted by molar-refractivity contribution is 7.99. The largest absolute Gasteiger partial charge is 0.377 e. The monoisotopic (exact) mass is 492 g/mol. The third-order valence-electron chi connectivity index (χ3n) is 6.49. The van der Waals surface area contributed by atoms with Crippen molar-refractivity contribution in [3.63, 3.8) is 0 Å². The molecule has 1 aromatic heterocycles. The van der Waals surface area contributed by atoms with E-state index >= 15 is 0 Å². The fourth-order valence-electron chi connectivity index (χ4n) is 4.52. The Morgan fingerprint density at radius 1 is 1.15 bits per heavy atom. The summed E-state index contributed by atoms with van der Waals surface area (Å²) in [6.45, 7) is 4.09. The van der Waals surface area contributed by atoms with E-state index in [1.165, 1.54) is 10.4 Å². The van der Waals surface area contributed by atoms with Gasteiger partial charge in [-0.15, -0.1) is 23.1 Å². The Balaban J connectivity index is 1.30. The summed E-state index contributed by atoms with van der Waals surface area (Å²) >= 11 is 3.43. The number of thioether (sulfide) groups is 1. The van der Waals surface area contributed by atoms with Crippen LogP contribution >= 0.6 is 23.1 Å². The zero-order chi connectivity index (χ0) is 23.5. The molecule has 1 N–H and O–H groups in total. The summed E-state index contributed by atoms with van der Waals surface area (Å²) in [6, 6.07) is 15.3. The number of benzene rings is 2. The number of fused-ring (bicyclic) bond motifs is 1. The van der Waals surface area contributed by atoms with Crippen LogP contribution in [-0.4, -0.2) is 41.7 Å². The van der Waals surface area contributed by atoms with Crippen LogP contribution < -0.4 is 5.32 Å². The maximum absolute atomic E-state index is 13.3. The number of carbonyl (C=O) groups is 2. The summed E-state index contributed by atoms with van der Waals surface area (Å²) < 4.78 is 5.73. The van der Waals surface area contributed by atoms with E-state index in [1.54, 1.807) is 23.1 Å². The molecular weight excluding hydrogens is 464 g/mol. The standard InChI is InChI=1S/C27H28N2O3S2/c1-18-21(27(31)29-13-11-24-19(16-29)12-15-33-24)8-4-9-23(18)28-26(30)22-7-2-3-10-25(22)34-17-20-6-5-14-32-20/h2-4,7-10,12,15,20H,5-6,11,13-14,16-17H2,1H3,(H,28,30).